The second-order valence-electron chi connectivity index (χ2n) is 5.55. The summed E-state index contributed by atoms with van der Waals surface area (Å²) in [7, 11) is 0. The van der Waals surface area contributed by atoms with E-state index in [4.69, 9.17) is 9.52 Å². The first-order chi connectivity index (χ1) is 10.3. The smallest absolute Gasteiger partial charge is 0.339 e. The standard InChI is InChI=1S/C17H19NO4/c1-4-13-12(16(20)21)10-14(22-13)15(19)18-17(2,3)11-8-6-5-7-9-11/h5-10H,4H2,1-3H3,(H,18,19)(H,20,21). The third-order valence-corrected chi connectivity index (χ3v) is 3.51. The zero-order chi connectivity index (χ0) is 16.3. The van der Waals surface area contributed by atoms with E-state index < -0.39 is 17.4 Å². The van der Waals surface area contributed by atoms with Gasteiger partial charge >= 0.3 is 5.97 Å². The van der Waals surface area contributed by atoms with E-state index in [9.17, 15) is 9.59 Å². The molecule has 0 radical (unpaired) electrons. The molecule has 2 N–H and O–H groups in total. The van der Waals surface area contributed by atoms with E-state index in [1.807, 2.05) is 44.2 Å². The fraction of sp³-hybridized carbons (Fsp3) is 0.294. The Labute approximate surface area is 129 Å². The summed E-state index contributed by atoms with van der Waals surface area (Å²) >= 11 is 0. The fourth-order valence-electron chi connectivity index (χ4n) is 2.26. The molecule has 2 aromatic rings. The Bertz CT molecular complexity index is 686. The van der Waals surface area contributed by atoms with E-state index in [0.717, 1.165) is 5.56 Å². The number of carbonyl (C=O) groups excluding carboxylic acids is 1. The maximum atomic E-state index is 12.3. The van der Waals surface area contributed by atoms with Crippen LogP contribution in [0.2, 0.25) is 0 Å². The minimum atomic E-state index is -1.10. The van der Waals surface area contributed by atoms with Crippen molar-refractivity contribution in [1.82, 2.24) is 5.32 Å². The highest BCUT2D eigenvalue weighted by molar-refractivity contribution is 5.96. The molecule has 2 rings (SSSR count). The predicted molar refractivity (Wildman–Crippen MR) is 82.0 cm³/mol. The van der Waals surface area contributed by atoms with Crippen LogP contribution in [0.25, 0.3) is 0 Å². The van der Waals surface area contributed by atoms with Crippen LogP contribution in [0.3, 0.4) is 0 Å². The highest BCUT2D eigenvalue weighted by Crippen LogP contribution is 2.22. The van der Waals surface area contributed by atoms with Gasteiger partial charge in [0.05, 0.1) is 5.54 Å². The number of aryl methyl sites for hydroxylation is 1. The molecule has 0 aliphatic carbocycles. The van der Waals surface area contributed by atoms with Crippen molar-refractivity contribution >= 4 is 11.9 Å². The third kappa shape index (κ3) is 3.19. The first kappa shape index (κ1) is 15.8. The molecule has 1 heterocycles. The van der Waals surface area contributed by atoms with Crippen molar-refractivity contribution < 1.29 is 19.1 Å². The summed E-state index contributed by atoms with van der Waals surface area (Å²) in [5, 5.41) is 12.0. The topological polar surface area (TPSA) is 79.5 Å². The van der Waals surface area contributed by atoms with Crippen molar-refractivity contribution in [2.24, 2.45) is 0 Å². The molecule has 0 atom stereocenters. The number of nitrogens with one attached hydrogen (secondary N) is 1. The number of hydrogen-bond donors (Lipinski definition) is 2. The summed E-state index contributed by atoms with van der Waals surface area (Å²) in [6.45, 7) is 5.53. The van der Waals surface area contributed by atoms with Gasteiger partial charge in [0.25, 0.3) is 5.91 Å². The van der Waals surface area contributed by atoms with Crippen LogP contribution in [0.1, 0.15) is 53.0 Å². The van der Waals surface area contributed by atoms with Gasteiger partial charge in [0, 0.05) is 12.5 Å². The number of amides is 1. The highest BCUT2D eigenvalue weighted by atomic mass is 16.4. The van der Waals surface area contributed by atoms with Gasteiger partial charge in [-0.3, -0.25) is 4.79 Å². The molecule has 1 aromatic heterocycles. The molecule has 5 heteroatoms. The summed E-state index contributed by atoms with van der Waals surface area (Å²) in [5.74, 6) is -1.22. The van der Waals surface area contributed by atoms with E-state index in [2.05, 4.69) is 5.32 Å². The Kier molecular flexibility index (Phi) is 4.35. The van der Waals surface area contributed by atoms with Crippen LogP contribution in [0.5, 0.6) is 0 Å². The maximum Gasteiger partial charge on any atom is 0.339 e. The van der Waals surface area contributed by atoms with Gasteiger partial charge in [-0.05, 0) is 19.4 Å². The second kappa shape index (κ2) is 6.05. The van der Waals surface area contributed by atoms with Crippen LogP contribution in [-0.2, 0) is 12.0 Å². The molecule has 22 heavy (non-hydrogen) atoms. The Morgan fingerprint density at radius 2 is 1.86 bits per heavy atom. The van der Waals surface area contributed by atoms with Crippen LogP contribution in [0, 0.1) is 0 Å². The number of furan rings is 1. The lowest BCUT2D eigenvalue weighted by Gasteiger charge is -2.26. The number of carboxylic acids is 1. The van der Waals surface area contributed by atoms with Gasteiger partial charge in [0.15, 0.2) is 5.76 Å². The van der Waals surface area contributed by atoms with Crippen molar-refractivity contribution in [1.29, 1.82) is 0 Å². The van der Waals surface area contributed by atoms with E-state index in [0.29, 0.717) is 12.2 Å². The molecule has 0 saturated heterocycles. The Morgan fingerprint density at radius 1 is 1.23 bits per heavy atom. The number of carboxylic acid groups (broad SMARTS) is 1. The van der Waals surface area contributed by atoms with Gasteiger partial charge < -0.3 is 14.8 Å². The van der Waals surface area contributed by atoms with Crippen LogP contribution in [0.15, 0.2) is 40.8 Å². The monoisotopic (exact) mass is 301 g/mol. The Balaban J connectivity index is 2.24. The minimum absolute atomic E-state index is 0.0123. The average molecular weight is 301 g/mol. The Morgan fingerprint density at radius 3 is 2.36 bits per heavy atom. The van der Waals surface area contributed by atoms with Crippen LogP contribution in [-0.4, -0.2) is 17.0 Å². The molecule has 0 aliphatic rings. The zero-order valence-electron chi connectivity index (χ0n) is 12.8. The van der Waals surface area contributed by atoms with E-state index in [1.54, 1.807) is 6.92 Å². The van der Waals surface area contributed by atoms with Gasteiger partial charge in [-0.1, -0.05) is 37.3 Å². The SMILES string of the molecule is CCc1oc(C(=O)NC(C)(C)c2ccccc2)cc1C(=O)O. The molecule has 0 bridgehead atoms. The summed E-state index contributed by atoms with van der Waals surface area (Å²) in [4.78, 5) is 23.5. The quantitative estimate of drug-likeness (QED) is 0.888. The molecule has 1 aromatic carbocycles. The molecule has 116 valence electrons. The Hall–Kier alpha value is -2.56. The summed E-state index contributed by atoms with van der Waals surface area (Å²) in [5.41, 5.74) is 0.384. The molecular weight excluding hydrogens is 282 g/mol. The predicted octanol–water partition coefficient (Wildman–Crippen LogP) is 3.21. The lowest BCUT2D eigenvalue weighted by molar-refractivity contribution is 0.0694. The second-order valence-corrected chi connectivity index (χ2v) is 5.55. The van der Waals surface area contributed by atoms with Crippen molar-refractivity contribution in [3.63, 3.8) is 0 Å². The molecule has 1 amide bonds. The molecule has 0 fully saturated rings. The first-order valence-corrected chi connectivity index (χ1v) is 7.09. The summed E-state index contributed by atoms with van der Waals surface area (Å²) < 4.78 is 5.38. The van der Waals surface area contributed by atoms with Crippen LogP contribution in [0.4, 0.5) is 0 Å². The minimum Gasteiger partial charge on any atom is -0.478 e. The van der Waals surface area contributed by atoms with E-state index in [-0.39, 0.29) is 11.3 Å². The molecule has 0 saturated carbocycles. The molecule has 0 unspecified atom stereocenters. The van der Waals surface area contributed by atoms with Crippen molar-refractivity contribution in [3.05, 3.63) is 59.0 Å². The third-order valence-electron chi connectivity index (χ3n) is 3.51. The van der Waals surface area contributed by atoms with Crippen LogP contribution >= 0.6 is 0 Å². The number of carbonyl (C=O) groups is 2. The summed E-state index contributed by atoms with van der Waals surface area (Å²) in [6, 6.07) is 10.8. The first-order valence-electron chi connectivity index (χ1n) is 7.09. The summed E-state index contributed by atoms with van der Waals surface area (Å²) in [6.07, 6.45) is 0.414. The van der Waals surface area contributed by atoms with Gasteiger partial charge in [-0.15, -0.1) is 0 Å². The van der Waals surface area contributed by atoms with Crippen LogP contribution < -0.4 is 5.32 Å². The molecule has 0 aliphatic heterocycles. The number of benzene rings is 1. The molecule has 0 spiro atoms. The van der Waals surface area contributed by atoms with Gasteiger partial charge in [0.1, 0.15) is 11.3 Å². The van der Waals surface area contributed by atoms with Gasteiger partial charge in [-0.2, -0.15) is 0 Å². The molecule has 5 nitrogen and oxygen atoms in total. The lowest BCUT2D eigenvalue weighted by Crippen LogP contribution is -2.40. The van der Waals surface area contributed by atoms with Crippen molar-refractivity contribution in [3.8, 4) is 0 Å². The largest absolute Gasteiger partial charge is 0.478 e. The van der Waals surface area contributed by atoms with E-state index >= 15 is 0 Å². The average Bonchev–Trinajstić information content (AvgIpc) is 2.92. The lowest BCUT2D eigenvalue weighted by atomic mass is 9.94. The molecular formula is C17H19NO4. The van der Waals surface area contributed by atoms with Gasteiger partial charge in [-0.25, -0.2) is 4.79 Å². The number of aromatic carboxylic acids is 1. The maximum absolute atomic E-state index is 12.3. The number of hydrogen-bond acceptors (Lipinski definition) is 3. The van der Waals surface area contributed by atoms with Crippen molar-refractivity contribution in [2.75, 3.05) is 0 Å². The normalized spacial score (nSPS) is 11.2. The van der Waals surface area contributed by atoms with Gasteiger partial charge in [0.2, 0.25) is 0 Å². The fourth-order valence-corrected chi connectivity index (χ4v) is 2.26. The zero-order valence-corrected chi connectivity index (χ0v) is 12.8. The number of rotatable bonds is 5. The highest BCUT2D eigenvalue weighted by Gasteiger charge is 2.26. The van der Waals surface area contributed by atoms with E-state index in [1.165, 1.54) is 6.07 Å². The van der Waals surface area contributed by atoms with Crippen molar-refractivity contribution in [2.45, 2.75) is 32.7 Å².